The molecule has 3 rings (SSSR count). The van der Waals surface area contributed by atoms with Crippen LogP contribution < -0.4 is 4.74 Å². The van der Waals surface area contributed by atoms with Gasteiger partial charge < -0.3 is 14.6 Å². The molecule has 1 aliphatic rings. The molecule has 0 radical (unpaired) electrons. The van der Waals surface area contributed by atoms with Crippen molar-refractivity contribution < 1.29 is 19.4 Å². The quantitative estimate of drug-likeness (QED) is 0.936. The van der Waals surface area contributed by atoms with E-state index in [9.17, 15) is 4.79 Å². The third-order valence-electron chi connectivity index (χ3n) is 3.51. The normalized spacial score (nSPS) is 17.6. The summed E-state index contributed by atoms with van der Waals surface area (Å²) in [7, 11) is 0. The van der Waals surface area contributed by atoms with Crippen molar-refractivity contribution in [2.45, 2.75) is 12.5 Å². The molecule has 0 spiro atoms. The Morgan fingerprint density at radius 2 is 1.67 bits per heavy atom. The molecule has 0 bridgehead atoms. The van der Waals surface area contributed by atoms with E-state index < -0.39 is 5.97 Å². The molecule has 0 amide bonds. The number of hydrogen-bond donors (Lipinski definition) is 1. The van der Waals surface area contributed by atoms with Crippen LogP contribution in [0.2, 0.25) is 0 Å². The molecule has 0 aliphatic carbocycles. The fourth-order valence-corrected chi connectivity index (χ4v) is 2.33. The van der Waals surface area contributed by atoms with Crippen LogP contribution in [0, 0.1) is 0 Å². The van der Waals surface area contributed by atoms with E-state index in [0.717, 1.165) is 29.9 Å². The molecule has 1 heterocycles. The summed E-state index contributed by atoms with van der Waals surface area (Å²) in [6, 6.07) is 14.6. The van der Waals surface area contributed by atoms with Crippen LogP contribution in [-0.4, -0.2) is 30.4 Å². The summed E-state index contributed by atoms with van der Waals surface area (Å²) >= 11 is 0. The Hall–Kier alpha value is -2.33. The lowest BCUT2D eigenvalue weighted by molar-refractivity contribution is 0.0697. The minimum absolute atomic E-state index is 0.144. The van der Waals surface area contributed by atoms with Gasteiger partial charge in [-0.2, -0.15) is 0 Å². The van der Waals surface area contributed by atoms with Crippen molar-refractivity contribution in [3.63, 3.8) is 0 Å². The Bertz CT molecular complexity index is 610. The van der Waals surface area contributed by atoms with Gasteiger partial charge in [0, 0.05) is 6.42 Å². The molecule has 21 heavy (non-hydrogen) atoms. The molecule has 1 aliphatic heterocycles. The zero-order valence-electron chi connectivity index (χ0n) is 11.5. The van der Waals surface area contributed by atoms with Crippen LogP contribution in [0.1, 0.15) is 16.8 Å². The maximum atomic E-state index is 10.8. The highest BCUT2D eigenvalue weighted by Crippen LogP contribution is 2.24. The molecular formula is C17H16O4. The van der Waals surface area contributed by atoms with Gasteiger partial charge in [-0.25, -0.2) is 4.79 Å². The highest BCUT2D eigenvalue weighted by Gasteiger charge is 2.16. The van der Waals surface area contributed by atoms with Gasteiger partial charge >= 0.3 is 5.97 Å². The number of ether oxygens (including phenoxy) is 2. The number of carboxylic acids is 1. The van der Waals surface area contributed by atoms with E-state index in [1.165, 1.54) is 0 Å². The van der Waals surface area contributed by atoms with Gasteiger partial charge in [0.25, 0.3) is 0 Å². The molecule has 1 saturated heterocycles. The lowest BCUT2D eigenvalue weighted by Crippen LogP contribution is -2.15. The molecular weight excluding hydrogens is 268 g/mol. The fourth-order valence-electron chi connectivity index (χ4n) is 2.33. The minimum atomic E-state index is -0.913. The highest BCUT2D eigenvalue weighted by molar-refractivity contribution is 5.88. The summed E-state index contributed by atoms with van der Waals surface area (Å²) in [6.45, 7) is 1.41. The number of carboxylic acid groups (broad SMARTS) is 1. The Labute approximate surface area is 122 Å². The molecule has 0 unspecified atom stereocenters. The van der Waals surface area contributed by atoms with Gasteiger partial charge in [0.2, 0.25) is 0 Å². The third-order valence-corrected chi connectivity index (χ3v) is 3.51. The van der Waals surface area contributed by atoms with Crippen LogP contribution in [0.4, 0.5) is 0 Å². The van der Waals surface area contributed by atoms with Crippen molar-refractivity contribution in [3.05, 3.63) is 54.1 Å². The van der Waals surface area contributed by atoms with Gasteiger partial charge in [-0.3, -0.25) is 0 Å². The first-order valence-corrected chi connectivity index (χ1v) is 6.90. The maximum Gasteiger partial charge on any atom is 0.335 e. The van der Waals surface area contributed by atoms with Crippen molar-refractivity contribution in [2.75, 3.05) is 13.2 Å². The minimum Gasteiger partial charge on any atom is -0.488 e. The van der Waals surface area contributed by atoms with E-state index in [4.69, 9.17) is 14.6 Å². The molecule has 1 fully saturated rings. The number of rotatable bonds is 4. The summed E-state index contributed by atoms with van der Waals surface area (Å²) in [5, 5.41) is 8.89. The summed E-state index contributed by atoms with van der Waals surface area (Å²) in [6.07, 6.45) is 1.07. The number of carbonyl (C=O) groups is 1. The predicted molar refractivity (Wildman–Crippen MR) is 78.7 cm³/mol. The molecule has 4 nitrogen and oxygen atoms in total. The number of aromatic carboxylic acids is 1. The van der Waals surface area contributed by atoms with Gasteiger partial charge in [-0.05, 0) is 35.4 Å². The Morgan fingerprint density at radius 3 is 2.19 bits per heavy atom. The Balaban J connectivity index is 1.72. The average molecular weight is 284 g/mol. The average Bonchev–Trinajstić information content (AvgIpc) is 3.01. The Morgan fingerprint density at radius 1 is 1.05 bits per heavy atom. The van der Waals surface area contributed by atoms with E-state index in [1.807, 2.05) is 36.4 Å². The molecule has 4 heteroatoms. The van der Waals surface area contributed by atoms with E-state index in [-0.39, 0.29) is 6.10 Å². The van der Waals surface area contributed by atoms with Gasteiger partial charge in [0.15, 0.2) is 0 Å². The third kappa shape index (κ3) is 3.23. The van der Waals surface area contributed by atoms with Crippen molar-refractivity contribution in [1.29, 1.82) is 0 Å². The second-order valence-electron chi connectivity index (χ2n) is 5.01. The van der Waals surface area contributed by atoms with Crippen molar-refractivity contribution in [1.82, 2.24) is 0 Å². The first kappa shape index (κ1) is 13.6. The summed E-state index contributed by atoms with van der Waals surface area (Å²) in [4.78, 5) is 10.8. The van der Waals surface area contributed by atoms with Crippen molar-refractivity contribution in [2.24, 2.45) is 0 Å². The number of benzene rings is 2. The van der Waals surface area contributed by atoms with Gasteiger partial charge in [0.05, 0.1) is 18.8 Å². The molecule has 2 aromatic rings. The lowest BCUT2D eigenvalue weighted by atomic mass is 10.0. The molecule has 2 aromatic carbocycles. The van der Waals surface area contributed by atoms with Crippen LogP contribution >= 0.6 is 0 Å². The van der Waals surface area contributed by atoms with Gasteiger partial charge in [-0.1, -0.05) is 24.3 Å². The zero-order chi connectivity index (χ0) is 14.7. The van der Waals surface area contributed by atoms with Crippen molar-refractivity contribution in [3.8, 4) is 16.9 Å². The topological polar surface area (TPSA) is 55.8 Å². The molecule has 108 valence electrons. The first-order valence-electron chi connectivity index (χ1n) is 6.90. The van der Waals surface area contributed by atoms with Crippen LogP contribution in [0.25, 0.3) is 11.1 Å². The lowest BCUT2D eigenvalue weighted by Gasteiger charge is -2.12. The second-order valence-corrected chi connectivity index (χ2v) is 5.01. The van der Waals surface area contributed by atoms with E-state index >= 15 is 0 Å². The van der Waals surface area contributed by atoms with Crippen LogP contribution in [-0.2, 0) is 4.74 Å². The van der Waals surface area contributed by atoms with Crippen LogP contribution in [0.15, 0.2) is 48.5 Å². The maximum absolute atomic E-state index is 10.8. The molecule has 1 atom stereocenters. The summed E-state index contributed by atoms with van der Waals surface area (Å²) in [5.41, 5.74) is 2.30. The standard InChI is InChI=1S/C17H16O4/c18-17(19)14-3-1-12(2-4-14)13-5-7-15(8-6-13)21-16-9-10-20-11-16/h1-8,16H,9-11H2,(H,18,19)/t16-/m1/s1. The SMILES string of the molecule is O=C(O)c1ccc(-c2ccc(O[C@@H]3CCOC3)cc2)cc1. The zero-order valence-corrected chi connectivity index (χ0v) is 11.5. The van der Waals surface area contributed by atoms with Gasteiger partial charge in [-0.15, -0.1) is 0 Å². The van der Waals surface area contributed by atoms with E-state index in [0.29, 0.717) is 12.2 Å². The molecule has 1 N–H and O–H groups in total. The highest BCUT2D eigenvalue weighted by atomic mass is 16.5. The monoisotopic (exact) mass is 284 g/mol. The summed E-state index contributed by atoms with van der Waals surface area (Å²) < 4.78 is 11.1. The van der Waals surface area contributed by atoms with Gasteiger partial charge in [0.1, 0.15) is 11.9 Å². The molecule has 0 saturated carbocycles. The number of hydrogen-bond acceptors (Lipinski definition) is 3. The van der Waals surface area contributed by atoms with Crippen molar-refractivity contribution >= 4 is 5.97 Å². The van der Waals surface area contributed by atoms with Crippen LogP contribution in [0.5, 0.6) is 5.75 Å². The van der Waals surface area contributed by atoms with Crippen LogP contribution in [0.3, 0.4) is 0 Å². The predicted octanol–water partition coefficient (Wildman–Crippen LogP) is 3.22. The largest absolute Gasteiger partial charge is 0.488 e. The smallest absolute Gasteiger partial charge is 0.335 e. The fraction of sp³-hybridized carbons (Fsp3) is 0.235. The summed E-state index contributed by atoms with van der Waals surface area (Å²) in [5.74, 6) is -0.0829. The Kier molecular flexibility index (Phi) is 3.88. The van der Waals surface area contributed by atoms with E-state index in [1.54, 1.807) is 12.1 Å². The van der Waals surface area contributed by atoms with E-state index in [2.05, 4.69) is 0 Å². The second kappa shape index (κ2) is 5.97. The molecule has 0 aromatic heterocycles. The first-order chi connectivity index (χ1) is 10.2.